The number of terminal acetylenes is 1. The predicted octanol–water partition coefficient (Wildman–Crippen LogP) is 2.91. The average molecular weight is 465 g/mol. The molecule has 0 heterocycles. The molecule has 2 atom stereocenters. The van der Waals surface area contributed by atoms with Gasteiger partial charge in [0.15, 0.2) is 0 Å². The summed E-state index contributed by atoms with van der Waals surface area (Å²) in [6.45, 7) is 2.28. The van der Waals surface area contributed by atoms with Crippen molar-refractivity contribution in [3.8, 4) is 23.5 Å². The molecule has 34 heavy (non-hydrogen) atoms. The molecule has 2 amide bonds. The van der Waals surface area contributed by atoms with Crippen LogP contribution in [0.15, 0.2) is 48.5 Å². The Morgan fingerprint density at radius 1 is 1.09 bits per heavy atom. The van der Waals surface area contributed by atoms with Gasteiger partial charge in [-0.1, -0.05) is 48.5 Å². The summed E-state index contributed by atoms with van der Waals surface area (Å²) in [5.74, 6) is 0.419. The summed E-state index contributed by atoms with van der Waals surface area (Å²) in [6.07, 6.45) is 3.62. The van der Waals surface area contributed by atoms with E-state index in [4.69, 9.17) is 21.0 Å². The van der Waals surface area contributed by atoms with Crippen molar-refractivity contribution in [2.45, 2.75) is 37.8 Å². The fourth-order valence-electron chi connectivity index (χ4n) is 4.05. The highest BCUT2D eigenvalue weighted by molar-refractivity contribution is 5.84. The van der Waals surface area contributed by atoms with Gasteiger partial charge in [0, 0.05) is 25.5 Å². The van der Waals surface area contributed by atoms with Crippen molar-refractivity contribution in [1.82, 2.24) is 10.6 Å². The highest BCUT2D eigenvalue weighted by Gasteiger charge is 2.29. The Labute approximate surface area is 198 Å². The Morgan fingerprint density at radius 2 is 1.71 bits per heavy atom. The number of aliphatic carboxylic acids is 1. The number of benzene rings is 2. The van der Waals surface area contributed by atoms with Crippen LogP contribution < -0.4 is 10.6 Å². The fourth-order valence-corrected chi connectivity index (χ4v) is 4.05. The maximum absolute atomic E-state index is 12.4. The lowest BCUT2D eigenvalue weighted by Gasteiger charge is -2.19. The van der Waals surface area contributed by atoms with Crippen molar-refractivity contribution in [2.75, 3.05) is 19.8 Å². The van der Waals surface area contributed by atoms with Crippen LogP contribution in [0.2, 0.25) is 0 Å². The predicted molar refractivity (Wildman–Crippen MR) is 126 cm³/mol. The molecule has 1 aliphatic rings. The lowest BCUT2D eigenvalue weighted by molar-refractivity contribution is -0.142. The molecule has 3 N–H and O–H groups in total. The van der Waals surface area contributed by atoms with Crippen LogP contribution in [0.5, 0.6) is 0 Å². The largest absolute Gasteiger partial charge is 0.480 e. The first-order chi connectivity index (χ1) is 16.4. The summed E-state index contributed by atoms with van der Waals surface area (Å²) in [7, 11) is 0. The first-order valence-electron chi connectivity index (χ1n) is 11.1. The molecule has 0 radical (unpaired) electrons. The van der Waals surface area contributed by atoms with Crippen molar-refractivity contribution in [1.29, 1.82) is 0 Å². The Morgan fingerprint density at radius 3 is 2.26 bits per heavy atom. The molecular weight excluding hydrogens is 436 g/mol. The summed E-state index contributed by atoms with van der Waals surface area (Å²) in [5.41, 5.74) is 4.50. The number of amides is 2. The monoisotopic (exact) mass is 464 g/mol. The minimum Gasteiger partial charge on any atom is -0.480 e. The van der Waals surface area contributed by atoms with E-state index in [0.29, 0.717) is 6.61 Å². The first-order valence-corrected chi connectivity index (χ1v) is 11.1. The average Bonchev–Trinajstić information content (AvgIpc) is 3.14. The topological polar surface area (TPSA) is 114 Å². The van der Waals surface area contributed by atoms with Crippen LogP contribution in [0.4, 0.5) is 4.79 Å². The second-order valence-corrected chi connectivity index (χ2v) is 7.85. The minimum atomic E-state index is -1.21. The molecule has 178 valence electrons. The Bertz CT molecular complexity index is 1030. The summed E-state index contributed by atoms with van der Waals surface area (Å²) >= 11 is 0. The van der Waals surface area contributed by atoms with Crippen molar-refractivity contribution in [3.63, 3.8) is 0 Å². The number of carbonyl (C=O) groups is 3. The number of fused-ring (bicyclic) bond motifs is 3. The summed E-state index contributed by atoms with van der Waals surface area (Å²) in [5, 5.41) is 14.1. The molecule has 0 saturated carbocycles. The zero-order valence-electron chi connectivity index (χ0n) is 19.0. The molecule has 0 spiro atoms. The van der Waals surface area contributed by atoms with Crippen LogP contribution in [0, 0.1) is 12.3 Å². The van der Waals surface area contributed by atoms with Gasteiger partial charge in [-0.3, -0.25) is 4.79 Å². The van der Waals surface area contributed by atoms with Gasteiger partial charge in [-0.25, -0.2) is 9.59 Å². The number of ether oxygens (including phenoxy) is 2. The Hall–Kier alpha value is -3.83. The summed E-state index contributed by atoms with van der Waals surface area (Å²) in [6, 6.07) is 14.9. The van der Waals surface area contributed by atoms with E-state index in [1.54, 1.807) is 6.92 Å². The number of carboxylic acid groups (broad SMARTS) is 1. The molecule has 0 saturated heterocycles. The minimum absolute atomic E-state index is 0.0326. The van der Waals surface area contributed by atoms with Crippen LogP contribution in [0.25, 0.3) is 11.1 Å². The molecule has 2 aromatic carbocycles. The molecule has 8 nitrogen and oxygen atoms in total. The number of rotatable bonds is 11. The Kier molecular flexibility index (Phi) is 8.66. The summed E-state index contributed by atoms with van der Waals surface area (Å²) < 4.78 is 11.0. The molecule has 2 unspecified atom stereocenters. The second kappa shape index (κ2) is 11.9. The molecule has 8 heteroatoms. The van der Waals surface area contributed by atoms with Gasteiger partial charge in [-0.05, 0) is 29.2 Å². The van der Waals surface area contributed by atoms with E-state index in [1.165, 1.54) is 0 Å². The first kappa shape index (κ1) is 24.8. The molecule has 2 aromatic rings. The number of nitrogens with one attached hydrogen (secondary N) is 2. The van der Waals surface area contributed by atoms with Gasteiger partial charge in [0.05, 0.1) is 12.5 Å². The molecule has 1 aliphatic carbocycles. The van der Waals surface area contributed by atoms with Gasteiger partial charge in [0.1, 0.15) is 12.6 Å². The highest BCUT2D eigenvalue weighted by Crippen LogP contribution is 2.44. The van der Waals surface area contributed by atoms with Gasteiger partial charge in [0.25, 0.3) is 0 Å². The normalized spacial score (nSPS) is 13.6. The van der Waals surface area contributed by atoms with Crippen LogP contribution in [-0.2, 0) is 19.1 Å². The van der Waals surface area contributed by atoms with Crippen molar-refractivity contribution < 1.29 is 29.0 Å². The molecular formula is C26H28N2O6. The lowest BCUT2D eigenvalue weighted by atomic mass is 9.98. The molecule has 0 fully saturated rings. The quantitative estimate of drug-likeness (QED) is 0.441. The Balaban J connectivity index is 1.53. The van der Waals surface area contributed by atoms with Gasteiger partial charge < -0.3 is 25.2 Å². The van der Waals surface area contributed by atoms with E-state index in [9.17, 15) is 14.4 Å². The maximum Gasteiger partial charge on any atom is 0.407 e. The van der Waals surface area contributed by atoms with Crippen LogP contribution in [-0.4, -0.2) is 55.0 Å². The second-order valence-electron chi connectivity index (χ2n) is 7.85. The molecule has 0 aromatic heterocycles. The summed E-state index contributed by atoms with van der Waals surface area (Å²) in [4.78, 5) is 35.8. The highest BCUT2D eigenvalue weighted by atomic mass is 16.5. The van der Waals surface area contributed by atoms with Gasteiger partial charge in [-0.15, -0.1) is 12.3 Å². The smallest absolute Gasteiger partial charge is 0.407 e. The lowest BCUT2D eigenvalue weighted by Crippen LogP contribution is -2.43. The number of hydrogen-bond acceptors (Lipinski definition) is 5. The van der Waals surface area contributed by atoms with Crippen molar-refractivity contribution >= 4 is 18.0 Å². The van der Waals surface area contributed by atoms with Crippen molar-refractivity contribution in [3.05, 3.63) is 59.7 Å². The van der Waals surface area contributed by atoms with Gasteiger partial charge >= 0.3 is 12.1 Å². The molecule has 0 bridgehead atoms. The fraction of sp³-hybridized carbons (Fsp3) is 0.346. The molecule has 0 aliphatic heterocycles. The number of hydrogen-bond donors (Lipinski definition) is 3. The van der Waals surface area contributed by atoms with Crippen molar-refractivity contribution in [2.24, 2.45) is 0 Å². The standard InChI is InChI=1S/C26H28N2O6/c1-3-9-23(25(30)31)28-24(29)14-17(33-4-2)15-27-26(32)34-16-22-20-12-7-5-10-18(20)19-11-6-8-13-21(19)22/h1,5-8,10-13,17,22-23H,4,9,14-16H2,2H3,(H,27,32)(H,28,29)(H,30,31). The van der Waals surface area contributed by atoms with Crippen LogP contribution in [0.3, 0.4) is 0 Å². The molecule has 3 rings (SSSR count). The zero-order chi connectivity index (χ0) is 24.5. The van der Waals surface area contributed by atoms with E-state index >= 15 is 0 Å². The zero-order valence-corrected chi connectivity index (χ0v) is 19.0. The van der Waals surface area contributed by atoms with E-state index in [0.717, 1.165) is 22.3 Å². The number of carboxylic acids is 1. The maximum atomic E-state index is 12.4. The van der Waals surface area contributed by atoms with E-state index in [1.807, 2.05) is 36.4 Å². The third kappa shape index (κ3) is 6.15. The number of carbonyl (C=O) groups excluding carboxylic acids is 2. The van der Waals surface area contributed by atoms with E-state index < -0.39 is 30.1 Å². The van der Waals surface area contributed by atoms with Gasteiger partial charge in [0.2, 0.25) is 5.91 Å². The van der Waals surface area contributed by atoms with Crippen LogP contribution >= 0.6 is 0 Å². The SMILES string of the molecule is C#CCC(NC(=O)CC(CNC(=O)OCC1c2ccccc2-c2ccccc21)OCC)C(=O)O. The number of alkyl carbamates (subject to hydrolysis) is 1. The third-order valence-corrected chi connectivity index (χ3v) is 5.59. The van der Waals surface area contributed by atoms with Gasteiger partial charge in [-0.2, -0.15) is 0 Å². The van der Waals surface area contributed by atoms with E-state index in [-0.39, 0.29) is 31.9 Å². The van der Waals surface area contributed by atoms with E-state index in [2.05, 4.69) is 28.7 Å². The van der Waals surface area contributed by atoms with Crippen LogP contribution in [0.1, 0.15) is 36.8 Å². The third-order valence-electron chi connectivity index (χ3n) is 5.59.